The van der Waals surface area contributed by atoms with Crippen LogP contribution < -0.4 is 5.43 Å². The number of hydrogen-bond donors (Lipinski definition) is 1. The minimum atomic E-state index is -0.659. The Kier molecular flexibility index (Phi) is 6.57. The Morgan fingerprint density at radius 3 is 2.61 bits per heavy atom. The Balaban J connectivity index is 1.73. The first-order valence-electron chi connectivity index (χ1n) is 10.7. The largest absolute Gasteiger partial charge is 0.503 e. The quantitative estimate of drug-likeness (QED) is 0.567. The number of hydrogen-bond acceptors (Lipinski definition) is 7. The molecule has 0 aliphatic carbocycles. The van der Waals surface area contributed by atoms with Crippen LogP contribution >= 0.6 is 11.3 Å². The molecule has 2 aromatic heterocycles. The van der Waals surface area contributed by atoms with Crippen molar-refractivity contribution in [1.82, 2.24) is 19.7 Å². The smallest absolute Gasteiger partial charge is 0.274 e. The SMILES string of the molecule is CCCN1C(=O)c2c(O)c(=O)c(-c3nnc(Cc4ccc(F)cc4)s3)cn2[C@@H](C)[C@H]1COC. The molecule has 1 amide bonds. The van der Waals surface area contributed by atoms with E-state index in [1.165, 1.54) is 23.5 Å². The second kappa shape index (κ2) is 9.40. The Hall–Kier alpha value is -3.11. The highest BCUT2D eigenvalue weighted by atomic mass is 32.1. The summed E-state index contributed by atoms with van der Waals surface area (Å²) in [5.41, 5.74) is 0.363. The third-order valence-electron chi connectivity index (χ3n) is 5.84. The van der Waals surface area contributed by atoms with Gasteiger partial charge in [0.2, 0.25) is 5.43 Å². The van der Waals surface area contributed by atoms with Gasteiger partial charge >= 0.3 is 0 Å². The standard InChI is InChI=1S/C23H25FN4O4S/c1-4-9-27-17(12-32-3)13(2)28-11-16(20(29)21(30)19(28)23(27)31)22-26-25-18(33-22)10-14-5-7-15(24)8-6-14/h5-8,11,13,17,30H,4,9-10,12H2,1-3H3/t13-,17+/m0/s1. The number of carbonyl (C=O) groups excluding carboxylic acids is 1. The molecule has 1 aliphatic heterocycles. The molecule has 3 heterocycles. The van der Waals surface area contributed by atoms with Gasteiger partial charge in [-0.1, -0.05) is 30.4 Å². The van der Waals surface area contributed by atoms with Crippen molar-refractivity contribution in [3.8, 4) is 16.3 Å². The van der Waals surface area contributed by atoms with Crippen molar-refractivity contribution in [2.45, 2.75) is 38.8 Å². The zero-order valence-corrected chi connectivity index (χ0v) is 19.4. The maximum absolute atomic E-state index is 13.2. The summed E-state index contributed by atoms with van der Waals surface area (Å²) in [6.45, 7) is 4.71. The average molecular weight is 473 g/mol. The maximum atomic E-state index is 13.2. The van der Waals surface area contributed by atoms with Gasteiger partial charge in [-0.2, -0.15) is 0 Å². The molecular formula is C23H25FN4O4S. The van der Waals surface area contributed by atoms with E-state index in [1.807, 2.05) is 13.8 Å². The van der Waals surface area contributed by atoms with Gasteiger partial charge in [0.25, 0.3) is 5.91 Å². The van der Waals surface area contributed by atoms with Gasteiger partial charge in [0, 0.05) is 26.3 Å². The number of nitrogens with zero attached hydrogens (tertiary/aromatic N) is 4. The van der Waals surface area contributed by atoms with Gasteiger partial charge in [0.05, 0.1) is 24.3 Å². The fourth-order valence-corrected chi connectivity index (χ4v) is 5.04. The van der Waals surface area contributed by atoms with E-state index < -0.39 is 17.1 Å². The molecule has 2 atom stereocenters. The van der Waals surface area contributed by atoms with E-state index in [1.54, 1.807) is 34.9 Å². The number of aromatic hydroxyl groups is 1. The first-order valence-corrected chi connectivity index (χ1v) is 11.5. The summed E-state index contributed by atoms with van der Waals surface area (Å²) in [5, 5.41) is 20.1. The van der Waals surface area contributed by atoms with Crippen LogP contribution in [0.1, 0.15) is 47.4 Å². The lowest BCUT2D eigenvalue weighted by Crippen LogP contribution is -2.53. The van der Waals surface area contributed by atoms with E-state index in [2.05, 4.69) is 10.2 Å². The van der Waals surface area contributed by atoms with Crippen LogP contribution in [0.15, 0.2) is 35.3 Å². The third-order valence-corrected chi connectivity index (χ3v) is 6.79. The van der Waals surface area contributed by atoms with Crippen molar-refractivity contribution in [2.24, 2.45) is 0 Å². The molecule has 3 aromatic rings. The summed E-state index contributed by atoms with van der Waals surface area (Å²) in [6.07, 6.45) is 2.75. The molecule has 0 spiro atoms. The van der Waals surface area contributed by atoms with Crippen molar-refractivity contribution < 1.29 is 19.0 Å². The second-order valence-electron chi connectivity index (χ2n) is 8.04. The number of rotatable bonds is 7. The van der Waals surface area contributed by atoms with E-state index in [4.69, 9.17) is 4.74 Å². The van der Waals surface area contributed by atoms with Crippen molar-refractivity contribution in [1.29, 1.82) is 0 Å². The average Bonchev–Trinajstić information content (AvgIpc) is 3.26. The van der Waals surface area contributed by atoms with Crippen LogP contribution in [-0.4, -0.2) is 57.0 Å². The predicted molar refractivity (Wildman–Crippen MR) is 122 cm³/mol. The van der Waals surface area contributed by atoms with Crippen LogP contribution in [-0.2, 0) is 11.2 Å². The molecule has 1 aromatic carbocycles. The molecule has 0 saturated carbocycles. The normalized spacial score (nSPS) is 17.9. The Morgan fingerprint density at radius 1 is 1.21 bits per heavy atom. The van der Waals surface area contributed by atoms with E-state index >= 15 is 0 Å². The van der Waals surface area contributed by atoms with Crippen molar-refractivity contribution >= 4 is 17.2 Å². The summed E-state index contributed by atoms with van der Waals surface area (Å²) < 4.78 is 20.1. The molecule has 33 heavy (non-hydrogen) atoms. The molecule has 0 saturated heterocycles. The minimum Gasteiger partial charge on any atom is -0.503 e. The van der Waals surface area contributed by atoms with Gasteiger partial charge in [-0.25, -0.2) is 4.39 Å². The number of ether oxygens (including phenoxy) is 1. The van der Waals surface area contributed by atoms with Crippen molar-refractivity contribution in [2.75, 3.05) is 20.3 Å². The van der Waals surface area contributed by atoms with Crippen LogP contribution in [0.2, 0.25) is 0 Å². The van der Waals surface area contributed by atoms with Gasteiger partial charge in [0.15, 0.2) is 16.5 Å². The van der Waals surface area contributed by atoms with Gasteiger partial charge in [-0.3, -0.25) is 9.59 Å². The zero-order valence-electron chi connectivity index (χ0n) is 18.6. The van der Waals surface area contributed by atoms with E-state index in [0.29, 0.717) is 29.6 Å². The molecule has 1 aliphatic rings. The molecule has 0 unspecified atom stereocenters. The topological polar surface area (TPSA) is 97.5 Å². The van der Waals surface area contributed by atoms with Crippen LogP contribution in [0.3, 0.4) is 0 Å². The van der Waals surface area contributed by atoms with Gasteiger partial charge in [-0.05, 0) is 31.0 Å². The van der Waals surface area contributed by atoms with Crippen LogP contribution in [0.5, 0.6) is 5.75 Å². The summed E-state index contributed by atoms with van der Waals surface area (Å²) in [4.78, 5) is 27.9. The number of methoxy groups -OCH3 is 1. The Labute approximate surface area is 194 Å². The van der Waals surface area contributed by atoms with Crippen LogP contribution in [0.25, 0.3) is 10.6 Å². The molecule has 1 N–H and O–H groups in total. The number of halogens is 1. The summed E-state index contributed by atoms with van der Waals surface area (Å²) in [5.74, 6) is -1.30. The van der Waals surface area contributed by atoms with Crippen LogP contribution in [0.4, 0.5) is 4.39 Å². The molecule has 8 nitrogen and oxygen atoms in total. The molecule has 0 bridgehead atoms. The first kappa shape index (κ1) is 23.1. The second-order valence-corrected chi connectivity index (χ2v) is 9.10. The Bertz CT molecular complexity index is 1220. The molecule has 0 radical (unpaired) electrons. The minimum absolute atomic E-state index is 0.0203. The monoisotopic (exact) mass is 472 g/mol. The fourth-order valence-electron chi connectivity index (χ4n) is 4.16. The number of pyridine rings is 1. The summed E-state index contributed by atoms with van der Waals surface area (Å²) in [6, 6.07) is 5.61. The molecule has 174 valence electrons. The zero-order chi connectivity index (χ0) is 23.7. The van der Waals surface area contributed by atoms with Gasteiger partial charge in [-0.15, -0.1) is 10.2 Å². The first-order chi connectivity index (χ1) is 15.8. The van der Waals surface area contributed by atoms with Crippen molar-refractivity contribution in [3.63, 3.8) is 0 Å². The van der Waals surface area contributed by atoms with Crippen molar-refractivity contribution in [3.05, 3.63) is 62.8 Å². The molecule has 10 heteroatoms. The van der Waals surface area contributed by atoms with Gasteiger partial charge < -0.3 is 19.3 Å². The van der Waals surface area contributed by atoms with Gasteiger partial charge in [0.1, 0.15) is 10.8 Å². The number of amides is 1. The highest BCUT2D eigenvalue weighted by molar-refractivity contribution is 7.14. The number of benzene rings is 1. The van der Waals surface area contributed by atoms with E-state index in [-0.39, 0.29) is 29.2 Å². The highest BCUT2D eigenvalue weighted by Crippen LogP contribution is 2.33. The summed E-state index contributed by atoms with van der Waals surface area (Å²) >= 11 is 1.22. The lowest BCUT2D eigenvalue weighted by molar-refractivity contribution is 0.0310. The Morgan fingerprint density at radius 2 is 1.94 bits per heavy atom. The number of carbonyl (C=O) groups is 1. The molecule has 0 fully saturated rings. The number of aromatic nitrogens is 3. The lowest BCUT2D eigenvalue weighted by atomic mass is 10.0. The molecular weight excluding hydrogens is 447 g/mol. The van der Waals surface area contributed by atoms with E-state index in [0.717, 1.165) is 12.0 Å². The predicted octanol–water partition coefficient (Wildman–Crippen LogP) is 3.24. The highest BCUT2D eigenvalue weighted by Gasteiger charge is 2.39. The third kappa shape index (κ3) is 4.28. The van der Waals surface area contributed by atoms with Crippen LogP contribution in [0, 0.1) is 5.82 Å². The van der Waals surface area contributed by atoms with E-state index in [9.17, 15) is 19.1 Å². The number of fused-ring (bicyclic) bond motifs is 1. The molecule has 4 rings (SSSR count). The lowest BCUT2D eigenvalue weighted by Gasteiger charge is -2.42. The fraction of sp³-hybridized carbons (Fsp3) is 0.391. The maximum Gasteiger partial charge on any atom is 0.274 e. The summed E-state index contributed by atoms with van der Waals surface area (Å²) in [7, 11) is 1.58.